The number of piperazine rings is 1. The number of hydrogen-bond donors (Lipinski definition) is 0. The van der Waals surface area contributed by atoms with Crippen LogP contribution in [0.1, 0.15) is 45.1 Å². The van der Waals surface area contributed by atoms with Crippen molar-refractivity contribution < 1.29 is 13.2 Å². The monoisotopic (exact) mass is 338 g/mol. The Hall–Kier alpha value is -1.40. The van der Waals surface area contributed by atoms with Gasteiger partial charge in [-0.05, 0) is 30.0 Å². The summed E-state index contributed by atoms with van der Waals surface area (Å²) in [6.45, 7) is 7.81. The van der Waals surface area contributed by atoms with Crippen LogP contribution in [-0.2, 0) is 14.8 Å². The third-order valence-corrected chi connectivity index (χ3v) is 6.15. The fraction of sp³-hybridized carbons (Fsp3) is 0.588. The molecule has 0 aliphatic carbocycles. The SMILES string of the molecule is CCCC(=O)N1CCN(S(=O)(=O)c2ccc(C(C)C)cc2)CC1. The van der Waals surface area contributed by atoms with Gasteiger partial charge in [0.05, 0.1) is 4.90 Å². The maximum absolute atomic E-state index is 12.7. The molecule has 0 atom stereocenters. The number of amides is 1. The lowest BCUT2D eigenvalue weighted by Crippen LogP contribution is -2.50. The fourth-order valence-electron chi connectivity index (χ4n) is 2.72. The van der Waals surface area contributed by atoms with Gasteiger partial charge in [-0.25, -0.2) is 8.42 Å². The van der Waals surface area contributed by atoms with Gasteiger partial charge in [-0.2, -0.15) is 4.31 Å². The van der Waals surface area contributed by atoms with Crippen LogP contribution in [0.15, 0.2) is 29.2 Å². The Morgan fingerprint density at radius 3 is 2.13 bits per heavy atom. The highest BCUT2D eigenvalue weighted by molar-refractivity contribution is 7.89. The molecule has 128 valence electrons. The highest BCUT2D eigenvalue weighted by Crippen LogP contribution is 2.21. The maximum Gasteiger partial charge on any atom is 0.243 e. The van der Waals surface area contributed by atoms with Crippen LogP contribution in [0, 0.1) is 0 Å². The fourth-order valence-corrected chi connectivity index (χ4v) is 4.15. The average Bonchev–Trinajstić information content (AvgIpc) is 2.55. The average molecular weight is 338 g/mol. The van der Waals surface area contributed by atoms with Crippen LogP contribution in [0.4, 0.5) is 0 Å². The van der Waals surface area contributed by atoms with Crippen LogP contribution in [0.25, 0.3) is 0 Å². The zero-order valence-corrected chi connectivity index (χ0v) is 15.0. The normalized spacial score (nSPS) is 16.8. The number of nitrogens with zero attached hydrogens (tertiary/aromatic N) is 2. The van der Waals surface area contributed by atoms with E-state index < -0.39 is 10.0 Å². The molecule has 2 rings (SSSR count). The van der Waals surface area contributed by atoms with Crippen LogP contribution in [-0.4, -0.2) is 49.7 Å². The Morgan fingerprint density at radius 2 is 1.65 bits per heavy atom. The quantitative estimate of drug-likeness (QED) is 0.828. The first-order chi connectivity index (χ1) is 10.9. The summed E-state index contributed by atoms with van der Waals surface area (Å²) in [4.78, 5) is 14.0. The third-order valence-electron chi connectivity index (χ3n) is 4.24. The van der Waals surface area contributed by atoms with Gasteiger partial charge in [-0.15, -0.1) is 0 Å². The molecule has 1 aromatic rings. The molecule has 1 amide bonds. The molecular weight excluding hydrogens is 312 g/mol. The van der Waals surface area contributed by atoms with E-state index in [1.165, 1.54) is 4.31 Å². The molecule has 1 aliphatic rings. The maximum atomic E-state index is 12.7. The number of carbonyl (C=O) groups is 1. The molecule has 23 heavy (non-hydrogen) atoms. The summed E-state index contributed by atoms with van der Waals surface area (Å²) in [5, 5.41) is 0. The van der Waals surface area contributed by atoms with Crippen molar-refractivity contribution >= 4 is 15.9 Å². The lowest BCUT2D eigenvalue weighted by atomic mass is 10.0. The molecule has 5 nitrogen and oxygen atoms in total. The Balaban J connectivity index is 2.05. The van der Waals surface area contributed by atoms with Gasteiger partial charge in [0.15, 0.2) is 0 Å². The highest BCUT2D eigenvalue weighted by Gasteiger charge is 2.29. The first kappa shape index (κ1) is 17.9. The van der Waals surface area contributed by atoms with E-state index in [-0.39, 0.29) is 5.91 Å². The Bertz CT molecular complexity index is 630. The summed E-state index contributed by atoms with van der Waals surface area (Å²) in [6.07, 6.45) is 1.35. The zero-order chi connectivity index (χ0) is 17.0. The third kappa shape index (κ3) is 4.12. The van der Waals surface area contributed by atoms with E-state index in [1.54, 1.807) is 17.0 Å². The van der Waals surface area contributed by atoms with Gasteiger partial charge in [0.25, 0.3) is 0 Å². The molecule has 0 unspecified atom stereocenters. The second-order valence-corrected chi connectivity index (χ2v) is 8.20. The summed E-state index contributed by atoms with van der Waals surface area (Å²) in [5.41, 5.74) is 1.12. The van der Waals surface area contributed by atoms with Gasteiger partial charge in [0.1, 0.15) is 0 Å². The minimum atomic E-state index is -3.47. The van der Waals surface area contributed by atoms with E-state index in [2.05, 4.69) is 13.8 Å². The van der Waals surface area contributed by atoms with Crippen molar-refractivity contribution in [2.75, 3.05) is 26.2 Å². The topological polar surface area (TPSA) is 57.7 Å². The van der Waals surface area contributed by atoms with Crippen molar-refractivity contribution in [1.82, 2.24) is 9.21 Å². The first-order valence-corrected chi connectivity index (χ1v) is 9.68. The molecule has 0 aromatic heterocycles. The molecule has 0 saturated carbocycles. The van der Waals surface area contributed by atoms with Crippen molar-refractivity contribution in [3.63, 3.8) is 0 Å². The van der Waals surface area contributed by atoms with E-state index in [4.69, 9.17) is 0 Å². The first-order valence-electron chi connectivity index (χ1n) is 8.24. The zero-order valence-electron chi connectivity index (χ0n) is 14.2. The summed E-state index contributed by atoms with van der Waals surface area (Å²) in [6, 6.07) is 7.11. The minimum Gasteiger partial charge on any atom is -0.340 e. The summed E-state index contributed by atoms with van der Waals surface area (Å²) < 4.78 is 26.9. The smallest absolute Gasteiger partial charge is 0.243 e. The molecule has 0 radical (unpaired) electrons. The summed E-state index contributed by atoms with van der Waals surface area (Å²) >= 11 is 0. The number of benzene rings is 1. The molecule has 0 spiro atoms. The summed E-state index contributed by atoms with van der Waals surface area (Å²) in [7, 11) is -3.47. The van der Waals surface area contributed by atoms with Crippen molar-refractivity contribution in [3.05, 3.63) is 29.8 Å². The largest absolute Gasteiger partial charge is 0.340 e. The second kappa shape index (κ2) is 7.45. The predicted molar refractivity (Wildman–Crippen MR) is 90.8 cm³/mol. The number of carbonyl (C=O) groups excluding carboxylic acids is 1. The van der Waals surface area contributed by atoms with Gasteiger partial charge in [0.2, 0.25) is 15.9 Å². The van der Waals surface area contributed by atoms with Crippen LogP contribution >= 0.6 is 0 Å². The standard InChI is InChI=1S/C17H26N2O3S/c1-4-5-17(20)18-10-12-19(13-11-18)23(21,22)16-8-6-15(7-9-16)14(2)3/h6-9,14H,4-5,10-13H2,1-3H3. The molecule has 1 fully saturated rings. The number of sulfonamides is 1. The van der Waals surface area contributed by atoms with Gasteiger partial charge in [-0.3, -0.25) is 4.79 Å². The molecule has 1 heterocycles. The molecular formula is C17H26N2O3S. The van der Waals surface area contributed by atoms with Crippen LogP contribution in [0.3, 0.4) is 0 Å². The van der Waals surface area contributed by atoms with Crippen LogP contribution < -0.4 is 0 Å². The second-order valence-electron chi connectivity index (χ2n) is 6.26. The van der Waals surface area contributed by atoms with Gasteiger partial charge < -0.3 is 4.90 Å². The molecule has 1 saturated heterocycles. The van der Waals surface area contributed by atoms with Crippen LogP contribution in [0.2, 0.25) is 0 Å². The Labute approximate surface area is 139 Å². The predicted octanol–water partition coefficient (Wildman–Crippen LogP) is 2.44. The Morgan fingerprint density at radius 1 is 1.09 bits per heavy atom. The number of hydrogen-bond acceptors (Lipinski definition) is 3. The molecule has 1 aliphatic heterocycles. The molecule has 0 bridgehead atoms. The van der Waals surface area contributed by atoms with E-state index >= 15 is 0 Å². The number of rotatable bonds is 5. The molecule has 6 heteroatoms. The van der Waals surface area contributed by atoms with E-state index in [1.807, 2.05) is 19.1 Å². The minimum absolute atomic E-state index is 0.117. The van der Waals surface area contributed by atoms with Crippen molar-refractivity contribution in [3.8, 4) is 0 Å². The lowest BCUT2D eigenvalue weighted by molar-refractivity contribution is -0.132. The van der Waals surface area contributed by atoms with Gasteiger partial charge in [0, 0.05) is 32.6 Å². The highest BCUT2D eigenvalue weighted by atomic mass is 32.2. The van der Waals surface area contributed by atoms with Gasteiger partial charge >= 0.3 is 0 Å². The van der Waals surface area contributed by atoms with Crippen molar-refractivity contribution in [2.45, 2.75) is 44.4 Å². The molecule has 0 N–H and O–H groups in total. The van der Waals surface area contributed by atoms with Crippen molar-refractivity contribution in [1.29, 1.82) is 0 Å². The van der Waals surface area contributed by atoms with Crippen molar-refractivity contribution in [2.24, 2.45) is 0 Å². The van der Waals surface area contributed by atoms with Crippen LogP contribution in [0.5, 0.6) is 0 Å². The van der Waals surface area contributed by atoms with E-state index in [9.17, 15) is 13.2 Å². The molecule has 1 aromatic carbocycles. The summed E-state index contributed by atoms with van der Waals surface area (Å²) in [5.74, 6) is 0.491. The Kier molecular flexibility index (Phi) is 5.81. The van der Waals surface area contributed by atoms with Gasteiger partial charge in [-0.1, -0.05) is 32.9 Å². The van der Waals surface area contributed by atoms with E-state index in [0.29, 0.717) is 43.4 Å². The lowest BCUT2D eigenvalue weighted by Gasteiger charge is -2.34. The van der Waals surface area contributed by atoms with E-state index in [0.717, 1.165) is 12.0 Å².